The Kier molecular flexibility index (Phi) is 11.5. The maximum atomic E-state index is 2.33. The Morgan fingerprint density at radius 2 is 1.40 bits per heavy atom. The van der Waals surface area contributed by atoms with Crippen molar-refractivity contribution in [2.24, 2.45) is 0 Å². The van der Waals surface area contributed by atoms with Gasteiger partial charge in [0.05, 0.1) is 0 Å². The molecule has 0 N–H and O–H groups in total. The molecule has 0 aliphatic carbocycles. The van der Waals surface area contributed by atoms with Crippen LogP contribution in [0.2, 0.25) is 0 Å². The first-order valence-corrected chi connectivity index (χ1v) is 6.57. The number of rotatable bonds is 10. The van der Waals surface area contributed by atoms with Crippen molar-refractivity contribution in [3.05, 3.63) is 12.2 Å². The average molecular weight is 211 g/mol. The van der Waals surface area contributed by atoms with Gasteiger partial charge >= 0.3 is 0 Å². The van der Waals surface area contributed by atoms with E-state index in [0.29, 0.717) is 0 Å². The highest BCUT2D eigenvalue weighted by atomic mass is 15.0. The Labute approximate surface area is 96.6 Å². The van der Waals surface area contributed by atoms with Crippen molar-refractivity contribution < 1.29 is 0 Å². The molecule has 0 aliphatic heterocycles. The van der Waals surface area contributed by atoms with Gasteiger partial charge in [0, 0.05) is 0 Å². The molecular weight excluding hydrogens is 182 g/mol. The highest BCUT2D eigenvalue weighted by Crippen LogP contribution is 2.07. The summed E-state index contributed by atoms with van der Waals surface area (Å²) in [5.41, 5.74) is 0. The second kappa shape index (κ2) is 11.8. The van der Waals surface area contributed by atoms with Crippen LogP contribution in [0.5, 0.6) is 0 Å². The Hall–Kier alpha value is -0.300. The molecule has 0 saturated heterocycles. The largest absolute Gasteiger partial charge is 0.309 e. The molecule has 0 aromatic heterocycles. The minimum absolute atomic E-state index is 1.19. The Balaban J connectivity index is 2.96. The van der Waals surface area contributed by atoms with Crippen molar-refractivity contribution in [3.63, 3.8) is 0 Å². The summed E-state index contributed by atoms with van der Waals surface area (Å²) in [6.45, 7) is 3.44. The molecule has 0 amide bonds. The summed E-state index contributed by atoms with van der Waals surface area (Å²) in [6, 6.07) is 0. The van der Waals surface area contributed by atoms with E-state index in [4.69, 9.17) is 0 Å². The van der Waals surface area contributed by atoms with Crippen LogP contribution in [0.25, 0.3) is 0 Å². The molecule has 0 radical (unpaired) electrons. The van der Waals surface area contributed by atoms with Gasteiger partial charge in [-0.1, -0.05) is 44.8 Å². The lowest BCUT2D eigenvalue weighted by Crippen LogP contribution is -2.12. The third kappa shape index (κ3) is 13.7. The van der Waals surface area contributed by atoms with Crippen molar-refractivity contribution in [1.29, 1.82) is 0 Å². The Morgan fingerprint density at radius 3 is 2.00 bits per heavy atom. The predicted molar refractivity (Wildman–Crippen MR) is 70.3 cm³/mol. The zero-order valence-electron chi connectivity index (χ0n) is 11.0. The summed E-state index contributed by atoms with van der Waals surface area (Å²) >= 11 is 0. The summed E-state index contributed by atoms with van der Waals surface area (Å²) in [6.07, 6.45) is 15.5. The van der Waals surface area contributed by atoms with E-state index in [1.807, 2.05) is 0 Å². The second-order valence-corrected chi connectivity index (χ2v) is 4.59. The standard InChI is InChI=1S/C14H29N/c1-4-5-6-7-8-9-10-11-12-13-14-15(2)3/h5-6H,4,7-14H2,1-3H3. The Bertz CT molecular complexity index is 138. The molecule has 0 rings (SSSR count). The number of allylic oxidation sites excluding steroid dienone is 2. The van der Waals surface area contributed by atoms with Gasteiger partial charge in [-0.2, -0.15) is 0 Å². The molecule has 0 unspecified atom stereocenters. The van der Waals surface area contributed by atoms with Crippen LogP contribution in [0.15, 0.2) is 12.2 Å². The third-order valence-electron chi connectivity index (χ3n) is 2.63. The first-order chi connectivity index (χ1) is 7.27. The number of hydrogen-bond acceptors (Lipinski definition) is 1. The van der Waals surface area contributed by atoms with Crippen molar-refractivity contribution in [2.45, 2.75) is 58.3 Å². The summed E-state index contributed by atoms with van der Waals surface area (Å²) in [7, 11) is 4.31. The number of unbranched alkanes of at least 4 members (excludes halogenated alkanes) is 6. The fourth-order valence-corrected chi connectivity index (χ4v) is 1.68. The van der Waals surface area contributed by atoms with E-state index < -0.39 is 0 Å². The van der Waals surface area contributed by atoms with Gasteiger partial charge in [-0.3, -0.25) is 0 Å². The molecule has 1 nitrogen and oxygen atoms in total. The molecule has 0 saturated carbocycles. The number of nitrogens with zero attached hydrogens (tertiary/aromatic N) is 1. The summed E-state index contributed by atoms with van der Waals surface area (Å²) < 4.78 is 0. The molecule has 0 fully saturated rings. The van der Waals surface area contributed by atoms with Gasteiger partial charge in [0.25, 0.3) is 0 Å². The monoisotopic (exact) mass is 211 g/mol. The van der Waals surface area contributed by atoms with Crippen LogP contribution in [-0.4, -0.2) is 25.5 Å². The zero-order valence-corrected chi connectivity index (χ0v) is 11.0. The van der Waals surface area contributed by atoms with E-state index >= 15 is 0 Å². The minimum Gasteiger partial charge on any atom is -0.309 e. The highest BCUT2D eigenvalue weighted by molar-refractivity contribution is 4.79. The van der Waals surface area contributed by atoms with Gasteiger partial charge in [0.2, 0.25) is 0 Å². The smallest absolute Gasteiger partial charge is 0.00248 e. The van der Waals surface area contributed by atoms with Crippen LogP contribution in [0, 0.1) is 0 Å². The van der Waals surface area contributed by atoms with E-state index in [2.05, 4.69) is 38.1 Å². The van der Waals surface area contributed by atoms with E-state index in [-0.39, 0.29) is 0 Å². The fraction of sp³-hybridized carbons (Fsp3) is 0.857. The lowest BCUT2D eigenvalue weighted by molar-refractivity contribution is 0.389. The van der Waals surface area contributed by atoms with Gasteiger partial charge in [0.15, 0.2) is 0 Å². The molecule has 0 aliphatic rings. The van der Waals surface area contributed by atoms with Gasteiger partial charge in [0.1, 0.15) is 0 Å². The quantitative estimate of drug-likeness (QED) is 0.386. The van der Waals surface area contributed by atoms with E-state index in [0.717, 1.165) is 0 Å². The van der Waals surface area contributed by atoms with Crippen LogP contribution in [0.4, 0.5) is 0 Å². The predicted octanol–water partition coefficient (Wildman–Crippen LogP) is 4.24. The normalized spacial score (nSPS) is 11.7. The molecule has 1 heteroatoms. The molecule has 0 aromatic rings. The topological polar surface area (TPSA) is 3.24 Å². The van der Waals surface area contributed by atoms with Crippen molar-refractivity contribution in [2.75, 3.05) is 20.6 Å². The summed E-state index contributed by atoms with van der Waals surface area (Å²) in [5.74, 6) is 0. The van der Waals surface area contributed by atoms with E-state index in [9.17, 15) is 0 Å². The van der Waals surface area contributed by atoms with Gasteiger partial charge < -0.3 is 4.90 Å². The SMILES string of the molecule is CCC=CCCCCCCCCN(C)C. The summed E-state index contributed by atoms with van der Waals surface area (Å²) in [4.78, 5) is 2.27. The number of hydrogen-bond donors (Lipinski definition) is 0. The lowest BCUT2D eigenvalue weighted by atomic mass is 10.1. The first-order valence-electron chi connectivity index (χ1n) is 6.57. The maximum Gasteiger partial charge on any atom is -0.00248 e. The minimum atomic E-state index is 1.19. The lowest BCUT2D eigenvalue weighted by Gasteiger charge is -2.08. The van der Waals surface area contributed by atoms with E-state index in [1.165, 1.54) is 57.9 Å². The average Bonchev–Trinajstić information content (AvgIpc) is 2.20. The van der Waals surface area contributed by atoms with Crippen LogP contribution < -0.4 is 0 Å². The van der Waals surface area contributed by atoms with Crippen LogP contribution in [0.1, 0.15) is 58.3 Å². The third-order valence-corrected chi connectivity index (χ3v) is 2.63. The summed E-state index contributed by atoms with van der Waals surface area (Å²) in [5, 5.41) is 0. The molecule has 90 valence electrons. The fourth-order valence-electron chi connectivity index (χ4n) is 1.68. The van der Waals surface area contributed by atoms with Crippen LogP contribution >= 0.6 is 0 Å². The van der Waals surface area contributed by atoms with Crippen LogP contribution in [-0.2, 0) is 0 Å². The van der Waals surface area contributed by atoms with Crippen molar-refractivity contribution in [1.82, 2.24) is 4.90 Å². The van der Waals surface area contributed by atoms with Gasteiger partial charge in [-0.15, -0.1) is 0 Å². The Morgan fingerprint density at radius 1 is 0.800 bits per heavy atom. The highest BCUT2D eigenvalue weighted by Gasteiger charge is 1.92. The van der Waals surface area contributed by atoms with Crippen molar-refractivity contribution in [3.8, 4) is 0 Å². The van der Waals surface area contributed by atoms with E-state index in [1.54, 1.807) is 0 Å². The van der Waals surface area contributed by atoms with Crippen molar-refractivity contribution >= 4 is 0 Å². The zero-order chi connectivity index (χ0) is 11.4. The van der Waals surface area contributed by atoms with Gasteiger partial charge in [-0.25, -0.2) is 0 Å². The molecule has 0 atom stereocenters. The molecular formula is C14H29N. The molecule has 0 aromatic carbocycles. The van der Waals surface area contributed by atoms with Crippen LogP contribution in [0.3, 0.4) is 0 Å². The maximum absolute atomic E-state index is 2.33. The first kappa shape index (κ1) is 14.7. The second-order valence-electron chi connectivity index (χ2n) is 4.59. The molecule has 0 spiro atoms. The molecule has 15 heavy (non-hydrogen) atoms. The van der Waals surface area contributed by atoms with Gasteiger partial charge in [-0.05, 0) is 46.3 Å². The molecule has 0 heterocycles. The molecule has 0 bridgehead atoms.